The molecule has 0 aromatic heterocycles. The monoisotopic (exact) mass is 500 g/mol. The lowest BCUT2D eigenvalue weighted by atomic mass is 9.83. The number of guanidine groups is 1. The van der Waals surface area contributed by atoms with Gasteiger partial charge in [0.2, 0.25) is 0 Å². The van der Waals surface area contributed by atoms with Crippen molar-refractivity contribution in [2.24, 2.45) is 10.9 Å². The second kappa shape index (κ2) is 9.91. The van der Waals surface area contributed by atoms with Gasteiger partial charge in [-0.3, -0.25) is 4.99 Å². The van der Waals surface area contributed by atoms with E-state index in [4.69, 9.17) is 0 Å². The highest BCUT2D eigenvalue weighted by atomic mass is 127. The van der Waals surface area contributed by atoms with Crippen LogP contribution in [0.15, 0.2) is 4.99 Å². The van der Waals surface area contributed by atoms with E-state index in [9.17, 15) is 8.42 Å². The summed E-state index contributed by atoms with van der Waals surface area (Å²) >= 11 is 0. The number of likely N-dealkylation sites (N-methyl/N-ethyl adjacent to an activating group) is 1. The molecule has 2 rings (SSSR count). The third-order valence-electron chi connectivity index (χ3n) is 5.88. The van der Waals surface area contributed by atoms with E-state index in [1.54, 1.807) is 7.05 Å². The van der Waals surface area contributed by atoms with E-state index < -0.39 is 14.6 Å². The highest BCUT2D eigenvalue weighted by Crippen LogP contribution is 2.28. The van der Waals surface area contributed by atoms with E-state index in [0.29, 0.717) is 19.1 Å². The quantitative estimate of drug-likeness (QED) is 0.364. The van der Waals surface area contributed by atoms with Crippen LogP contribution >= 0.6 is 24.0 Å². The molecular weight excluding hydrogens is 463 g/mol. The van der Waals surface area contributed by atoms with Crippen molar-refractivity contribution in [1.82, 2.24) is 15.1 Å². The molecule has 0 aromatic carbocycles. The first kappa shape index (κ1) is 23.9. The standard InChI is InChI=1S/C18H36N4O2S.HI/c1-18(2)14-22(11-12-25(18,23)24)17(19-3)20-13-16(21(4)5)15-9-7-6-8-10-15;/h15-16H,6-14H2,1-5H3,(H,19,20);1H. The number of hydrogen-bond acceptors (Lipinski definition) is 4. The summed E-state index contributed by atoms with van der Waals surface area (Å²) in [5, 5.41) is 3.52. The number of nitrogens with zero attached hydrogens (tertiary/aromatic N) is 3. The minimum atomic E-state index is -3.03. The fourth-order valence-electron chi connectivity index (χ4n) is 4.14. The molecule has 0 bridgehead atoms. The van der Waals surface area contributed by atoms with Crippen molar-refractivity contribution in [2.75, 3.05) is 46.5 Å². The third-order valence-corrected chi connectivity index (χ3v) is 8.41. The van der Waals surface area contributed by atoms with Gasteiger partial charge in [-0.15, -0.1) is 24.0 Å². The van der Waals surface area contributed by atoms with Crippen LogP contribution in [0.4, 0.5) is 0 Å². The first-order chi connectivity index (χ1) is 11.7. The van der Waals surface area contributed by atoms with Crippen molar-refractivity contribution in [2.45, 2.75) is 56.7 Å². The number of aliphatic imine (C=N–C) groups is 1. The van der Waals surface area contributed by atoms with E-state index in [0.717, 1.165) is 18.4 Å². The number of hydrogen-bond donors (Lipinski definition) is 1. The third kappa shape index (κ3) is 5.70. The molecule has 1 unspecified atom stereocenters. The van der Waals surface area contributed by atoms with E-state index in [1.807, 2.05) is 13.8 Å². The molecule has 154 valence electrons. The van der Waals surface area contributed by atoms with Crippen molar-refractivity contribution < 1.29 is 8.42 Å². The van der Waals surface area contributed by atoms with Gasteiger partial charge in [0, 0.05) is 32.7 Å². The molecule has 6 nitrogen and oxygen atoms in total. The Bertz CT molecular complexity index is 572. The van der Waals surface area contributed by atoms with Crippen molar-refractivity contribution in [1.29, 1.82) is 0 Å². The Morgan fingerprint density at radius 3 is 2.38 bits per heavy atom. The summed E-state index contributed by atoms with van der Waals surface area (Å²) < 4.78 is 23.7. The molecule has 8 heteroatoms. The maximum Gasteiger partial charge on any atom is 0.193 e. The van der Waals surface area contributed by atoms with Gasteiger partial charge in [0.05, 0.1) is 10.5 Å². The fraction of sp³-hybridized carbons (Fsp3) is 0.944. The molecule has 1 aliphatic heterocycles. The number of halogens is 1. The zero-order valence-corrected chi connectivity index (χ0v) is 20.1. The highest BCUT2D eigenvalue weighted by molar-refractivity contribution is 14.0. The van der Waals surface area contributed by atoms with Crippen LogP contribution in [0.1, 0.15) is 46.0 Å². The van der Waals surface area contributed by atoms with Crippen LogP contribution in [0.5, 0.6) is 0 Å². The highest BCUT2D eigenvalue weighted by Gasteiger charge is 2.41. The number of sulfone groups is 1. The zero-order valence-electron chi connectivity index (χ0n) is 17.0. The summed E-state index contributed by atoms with van der Waals surface area (Å²) in [6, 6.07) is 0.485. The number of nitrogens with one attached hydrogen (secondary N) is 1. The fourth-order valence-corrected chi connectivity index (χ4v) is 5.51. The molecular formula is C18H37IN4O2S. The second-order valence-electron chi connectivity index (χ2n) is 8.36. The average molecular weight is 500 g/mol. The van der Waals surface area contributed by atoms with Gasteiger partial charge >= 0.3 is 0 Å². The van der Waals surface area contributed by atoms with Gasteiger partial charge in [0.15, 0.2) is 15.8 Å². The molecule has 0 spiro atoms. The maximum atomic E-state index is 12.2. The molecule has 2 aliphatic rings. The van der Waals surface area contributed by atoms with E-state index in [1.165, 1.54) is 32.1 Å². The Balaban J connectivity index is 0.00000338. The van der Waals surface area contributed by atoms with Crippen LogP contribution in [-0.4, -0.2) is 81.5 Å². The molecule has 1 saturated heterocycles. The summed E-state index contributed by atoms with van der Waals surface area (Å²) in [5.41, 5.74) is 0. The zero-order chi connectivity index (χ0) is 18.7. The van der Waals surface area contributed by atoms with E-state index >= 15 is 0 Å². The summed E-state index contributed by atoms with van der Waals surface area (Å²) in [5.74, 6) is 1.75. The van der Waals surface area contributed by atoms with E-state index in [2.05, 4.69) is 34.2 Å². The molecule has 0 aromatic rings. The lowest BCUT2D eigenvalue weighted by molar-refractivity contribution is 0.170. The molecule has 2 fully saturated rings. The Hall–Kier alpha value is -0.0900. The van der Waals surface area contributed by atoms with Crippen LogP contribution in [0.2, 0.25) is 0 Å². The lowest BCUT2D eigenvalue weighted by Crippen LogP contribution is -2.58. The largest absolute Gasteiger partial charge is 0.355 e. The summed E-state index contributed by atoms with van der Waals surface area (Å²) in [6.07, 6.45) is 6.64. The first-order valence-corrected chi connectivity index (χ1v) is 11.2. The van der Waals surface area contributed by atoms with Gasteiger partial charge in [0.25, 0.3) is 0 Å². The van der Waals surface area contributed by atoms with Crippen LogP contribution in [0.25, 0.3) is 0 Å². The van der Waals surface area contributed by atoms with Gasteiger partial charge in [-0.1, -0.05) is 19.3 Å². The molecule has 1 atom stereocenters. The number of rotatable bonds is 4. The molecule has 26 heavy (non-hydrogen) atoms. The van der Waals surface area contributed by atoms with Crippen LogP contribution < -0.4 is 5.32 Å². The van der Waals surface area contributed by atoms with Gasteiger partial charge in [-0.05, 0) is 46.7 Å². The Morgan fingerprint density at radius 1 is 1.27 bits per heavy atom. The summed E-state index contributed by atoms with van der Waals surface area (Å²) in [7, 11) is 3.06. The van der Waals surface area contributed by atoms with Gasteiger partial charge in [-0.25, -0.2) is 8.42 Å². The van der Waals surface area contributed by atoms with Crippen molar-refractivity contribution >= 4 is 39.8 Å². The SMILES string of the molecule is CN=C(NCC(C1CCCCC1)N(C)C)N1CCS(=O)(=O)C(C)(C)C1.I. The minimum absolute atomic E-state index is 0. The molecule has 1 N–H and O–H groups in total. The van der Waals surface area contributed by atoms with E-state index in [-0.39, 0.29) is 29.7 Å². The summed E-state index contributed by atoms with van der Waals surface area (Å²) in [4.78, 5) is 8.83. The van der Waals surface area contributed by atoms with Crippen molar-refractivity contribution in [3.05, 3.63) is 0 Å². The Kier molecular flexibility index (Phi) is 9.13. The van der Waals surface area contributed by atoms with Crippen LogP contribution in [0, 0.1) is 5.92 Å². The summed E-state index contributed by atoms with van der Waals surface area (Å²) in [6.45, 7) is 5.49. The molecule has 0 amide bonds. The van der Waals surface area contributed by atoms with Gasteiger partial charge < -0.3 is 15.1 Å². The molecule has 1 aliphatic carbocycles. The van der Waals surface area contributed by atoms with Crippen molar-refractivity contribution in [3.63, 3.8) is 0 Å². The Labute approximate surface area is 177 Å². The second-order valence-corrected chi connectivity index (χ2v) is 11.1. The minimum Gasteiger partial charge on any atom is -0.355 e. The smallest absolute Gasteiger partial charge is 0.193 e. The van der Waals surface area contributed by atoms with Crippen molar-refractivity contribution in [3.8, 4) is 0 Å². The van der Waals surface area contributed by atoms with Gasteiger partial charge in [-0.2, -0.15) is 0 Å². The van der Waals surface area contributed by atoms with Crippen LogP contribution in [-0.2, 0) is 9.84 Å². The predicted octanol–water partition coefficient (Wildman–Crippen LogP) is 2.20. The van der Waals surface area contributed by atoms with Gasteiger partial charge in [0.1, 0.15) is 0 Å². The lowest BCUT2D eigenvalue weighted by Gasteiger charge is -2.40. The van der Waals surface area contributed by atoms with Crippen LogP contribution in [0.3, 0.4) is 0 Å². The average Bonchev–Trinajstić information content (AvgIpc) is 2.55. The first-order valence-electron chi connectivity index (χ1n) is 9.52. The topological polar surface area (TPSA) is 65.0 Å². The molecule has 1 heterocycles. The predicted molar refractivity (Wildman–Crippen MR) is 120 cm³/mol. The Morgan fingerprint density at radius 2 is 1.88 bits per heavy atom. The molecule has 0 radical (unpaired) electrons. The normalized spacial score (nSPS) is 24.8. The maximum absolute atomic E-state index is 12.2. The molecule has 1 saturated carbocycles.